The van der Waals surface area contributed by atoms with E-state index in [1.165, 1.54) is 29.1 Å². The van der Waals surface area contributed by atoms with Crippen LogP contribution in [0.15, 0.2) is 59.1 Å². The summed E-state index contributed by atoms with van der Waals surface area (Å²) in [6.45, 7) is 7.63. The van der Waals surface area contributed by atoms with Crippen molar-refractivity contribution >= 4 is 45.0 Å². The first-order chi connectivity index (χ1) is 26.7. The minimum atomic E-state index is -3.67. The molecule has 0 saturated heterocycles. The molecule has 7 rings (SSSR count). The number of fused-ring (bicyclic) bond motifs is 4. The minimum absolute atomic E-state index is 0.0585. The van der Waals surface area contributed by atoms with E-state index in [4.69, 9.17) is 25.8 Å². The number of esters is 1. The third-order valence-electron chi connectivity index (χ3n) is 11.6. The smallest absolute Gasteiger partial charge is 0.306 e. The second-order valence-corrected chi connectivity index (χ2v) is 18.9. The number of nitrogens with zero attached hydrogens (tertiary/aromatic N) is 4. The highest BCUT2D eigenvalue weighted by Gasteiger charge is 2.45. The van der Waals surface area contributed by atoms with Gasteiger partial charge in [0.15, 0.2) is 0 Å². The number of ether oxygens (including phenoxy) is 3. The Morgan fingerprint density at radius 2 is 2.00 bits per heavy atom. The summed E-state index contributed by atoms with van der Waals surface area (Å²) in [4.78, 5) is 43.2. The topological polar surface area (TPSA) is 141 Å². The lowest BCUT2D eigenvalue weighted by molar-refractivity contribution is -0.153. The highest BCUT2D eigenvalue weighted by Crippen LogP contribution is 2.47. The maximum absolute atomic E-state index is 14.7. The van der Waals surface area contributed by atoms with Crippen molar-refractivity contribution in [1.29, 1.82) is 0 Å². The van der Waals surface area contributed by atoms with Gasteiger partial charge >= 0.3 is 5.97 Å². The van der Waals surface area contributed by atoms with Gasteiger partial charge in [-0.2, -0.15) is 0 Å². The van der Waals surface area contributed by atoms with E-state index in [2.05, 4.69) is 31.2 Å². The summed E-state index contributed by atoms with van der Waals surface area (Å²) in [5, 5.41) is 4.86. The van der Waals surface area contributed by atoms with Crippen LogP contribution in [0.1, 0.15) is 91.1 Å². The van der Waals surface area contributed by atoms with Crippen molar-refractivity contribution in [2.45, 2.75) is 77.2 Å². The van der Waals surface area contributed by atoms with E-state index in [0.29, 0.717) is 43.3 Å². The molecule has 1 saturated carbocycles. The molecule has 0 unspecified atom stereocenters. The lowest BCUT2D eigenvalue weighted by atomic mass is 9.68. The van der Waals surface area contributed by atoms with Crippen LogP contribution in [0.4, 0.5) is 5.69 Å². The number of rotatable bonds is 6. The molecule has 1 N–H and O–H groups in total. The molecule has 1 aromatic heterocycles. The van der Waals surface area contributed by atoms with Crippen LogP contribution in [0.25, 0.3) is 0 Å². The van der Waals surface area contributed by atoms with Gasteiger partial charge in [-0.15, -0.1) is 9.46 Å². The number of carbonyl (C=O) groups excluding carboxylic acids is 3. The number of hydrogen-bond donors (Lipinski definition) is 1. The van der Waals surface area contributed by atoms with Crippen LogP contribution in [-0.4, -0.2) is 70.4 Å². The number of amides is 2. The summed E-state index contributed by atoms with van der Waals surface area (Å²) in [7, 11) is -0.642. The fourth-order valence-electron chi connectivity index (χ4n) is 8.75. The number of halogens is 1. The Morgan fingerprint density at radius 3 is 2.75 bits per heavy atom. The predicted molar refractivity (Wildman–Crippen MR) is 216 cm³/mol. The van der Waals surface area contributed by atoms with E-state index in [1.54, 1.807) is 25.2 Å². The fourth-order valence-corrected chi connectivity index (χ4v) is 10.8. The van der Waals surface area contributed by atoms with Gasteiger partial charge in [-0.25, -0.2) is 4.21 Å². The van der Waals surface area contributed by atoms with Crippen LogP contribution >= 0.6 is 11.6 Å². The van der Waals surface area contributed by atoms with Gasteiger partial charge < -0.3 is 19.1 Å². The number of aryl methyl sites for hydroxylation is 2. The van der Waals surface area contributed by atoms with E-state index >= 15 is 0 Å². The molecule has 0 radical (unpaired) electrons. The number of nitrogens with one attached hydrogen (secondary N) is 1. The molecule has 300 valence electrons. The van der Waals surface area contributed by atoms with Crippen molar-refractivity contribution in [2.75, 3.05) is 37.5 Å². The molecular formula is C42H52ClN5O7S. The van der Waals surface area contributed by atoms with E-state index in [0.717, 1.165) is 37.8 Å². The van der Waals surface area contributed by atoms with Crippen molar-refractivity contribution in [2.24, 2.45) is 35.1 Å². The summed E-state index contributed by atoms with van der Waals surface area (Å²) in [6, 6.07) is 11.4. The molecule has 2 bridgehead atoms. The standard InChI is InChI=1S/C42H52ClN5O7S/c1-26(2)18-38(49)55-36-10-6-8-27(3)23-56(52,46-40(51)33-22-47(4)44-41(33)53-5)45-39(50)29-12-16-37-35(20-29)48(21-30-11-14-32(30)36)24-42(25-54-37)17-7-9-28-19-31(43)13-15-34(28)42/h6,10,12-13,15-16,19-20,22,26-27,30,32,36H,7-9,11,14,17-18,21,23-25H2,1-5H3,(H,45,46,50,51,52)/b10-6+/t27-,30-,32+,36-,42-,56-/m0/s1. The van der Waals surface area contributed by atoms with Crippen molar-refractivity contribution in [3.63, 3.8) is 0 Å². The summed E-state index contributed by atoms with van der Waals surface area (Å²) in [5.74, 6) is -0.883. The molecule has 1 spiro atoms. The molecule has 3 heterocycles. The Balaban J connectivity index is 1.31. The fraction of sp³-hybridized carbons (Fsp3) is 0.524. The molecule has 6 atom stereocenters. The van der Waals surface area contributed by atoms with Crippen LogP contribution in [0.5, 0.6) is 11.6 Å². The van der Waals surface area contributed by atoms with Crippen molar-refractivity contribution in [3.8, 4) is 11.6 Å². The van der Waals surface area contributed by atoms with Gasteiger partial charge in [-0.3, -0.25) is 23.8 Å². The first-order valence-corrected chi connectivity index (χ1v) is 21.7. The number of benzene rings is 2. The van der Waals surface area contributed by atoms with Crippen LogP contribution in [0.2, 0.25) is 5.02 Å². The Labute approximate surface area is 334 Å². The number of anilines is 1. The SMILES string of the molecule is COc1nn(C)cc1C(=O)N[S@@]1(=O)=NC(=O)c2ccc3c(c2)N(C[C@@H]2CC[C@H]2[C@@H](OC(=O)CC(C)C)/C=C/C[C@H](C)C1)C[C@@]1(CCCc2cc(Cl)ccc21)CO3. The van der Waals surface area contributed by atoms with Gasteiger partial charge in [0.2, 0.25) is 5.88 Å². The quantitative estimate of drug-likeness (QED) is 0.204. The average molecular weight is 806 g/mol. The molecule has 2 aromatic carbocycles. The van der Waals surface area contributed by atoms with Crippen molar-refractivity contribution in [3.05, 3.63) is 82.0 Å². The number of allylic oxidation sites excluding steroid dienone is 1. The van der Waals surface area contributed by atoms with Gasteiger partial charge in [-0.05, 0) is 104 Å². The molecular weight excluding hydrogens is 754 g/mol. The van der Waals surface area contributed by atoms with Gasteiger partial charge in [0.05, 0.1) is 25.2 Å². The van der Waals surface area contributed by atoms with E-state index in [9.17, 15) is 18.6 Å². The third-order valence-corrected chi connectivity index (χ3v) is 13.8. The Bertz CT molecular complexity index is 2160. The van der Waals surface area contributed by atoms with Gasteiger partial charge in [-0.1, -0.05) is 44.5 Å². The first-order valence-electron chi connectivity index (χ1n) is 19.6. The van der Waals surface area contributed by atoms with E-state index in [-0.39, 0.29) is 57.8 Å². The van der Waals surface area contributed by atoms with Crippen molar-refractivity contribution < 1.29 is 32.8 Å². The maximum Gasteiger partial charge on any atom is 0.306 e. The Morgan fingerprint density at radius 1 is 1.18 bits per heavy atom. The zero-order valence-corrected chi connectivity index (χ0v) is 34.4. The second kappa shape index (κ2) is 16.2. The number of carbonyl (C=O) groups is 3. The molecule has 3 aromatic rings. The van der Waals surface area contributed by atoms with Crippen LogP contribution in [0.3, 0.4) is 0 Å². The van der Waals surface area contributed by atoms with Crippen LogP contribution in [0, 0.1) is 23.7 Å². The maximum atomic E-state index is 14.7. The summed E-state index contributed by atoms with van der Waals surface area (Å²) < 4.78 is 41.2. The van der Waals surface area contributed by atoms with Gasteiger partial charge in [0.1, 0.15) is 27.3 Å². The van der Waals surface area contributed by atoms with Crippen molar-refractivity contribution in [1.82, 2.24) is 14.5 Å². The molecule has 2 amide bonds. The monoisotopic (exact) mass is 805 g/mol. The minimum Gasteiger partial charge on any atom is -0.490 e. The molecule has 56 heavy (non-hydrogen) atoms. The molecule has 1 fully saturated rings. The number of hydrogen-bond acceptors (Lipinski definition) is 9. The Hall–Kier alpha value is -4.36. The highest BCUT2D eigenvalue weighted by molar-refractivity contribution is 7.92. The zero-order chi connectivity index (χ0) is 39.8. The van der Waals surface area contributed by atoms with Gasteiger partial charge in [0, 0.05) is 54.7 Å². The molecule has 2 aliphatic carbocycles. The first kappa shape index (κ1) is 39.9. The normalized spacial score (nSPS) is 28.1. The number of aromatic nitrogens is 2. The molecule has 4 aliphatic rings. The molecule has 14 heteroatoms. The molecule has 12 nitrogen and oxygen atoms in total. The lowest BCUT2D eigenvalue weighted by Gasteiger charge is -2.46. The number of methoxy groups -OCH3 is 1. The largest absolute Gasteiger partial charge is 0.490 e. The van der Waals surface area contributed by atoms with Crippen LogP contribution in [-0.2, 0) is 38.3 Å². The summed E-state index contributed by atoms with van der Waals surface area (Å²) >= 11 is 6.48. The molecule has 2 aliphatic heterocycles. The second-order valence-electron chi connectivity index (χ2n) is 16.5. The van der Waals surface area contributed by atoms with E-state index < -0.39 is 27.8 Å². The third kappa shape index (κ3) is 8.49. The average Bonchev–Trinajstić information content (AvgIpc) is 3.44. The van der Waals surface area contributed by atoms with Gasteiger partial charge in [0.25, 0.3) is 11.8 Å². The van der Waals surface area contributed by atoms with Crippen LogP contribution < -0.4 is 19.1 Å². The lowest BCUT2D eigenvalue weighted by Crippen LogP contribution is -2.50. The Kier molecular flexibility index (Phi) is 11.6. The summed E-state index contributed by atoms with van der Waals surface area (Å²) in [5.41, 5.74) is 3.16. The zero-order valence-electron chi connectivity index (χ0n) is 32.8. The van der Waals surface area contributed by atoms with E-state index in [1.807, 2.05) is 39.0 Å². The predicted octanol–water partition coefficient (Wildman–Crippen LogP) is 7.09. The highest BCUT2D eigenvalue weighted by atomic mass is 35.5. The summed E-state index contributed by atoms with van der Waals surface area (Å²) in [6.07, 6.45) is 10.5.